The Hall–Kier alpha value is -1.35. The number of carbonyl (C=O) groups excluding carboxylic acids is 1. The summed E-state index contributed by atoms with van der Waals surface area (Å²) >= 11 is 0. The Labute approximate surface area is 77.5 Å². The van der Waals surface area contributed by atoms with E-state index >= 15 is 0 Å². The van der Waals surface area contributed by atoms with Crippen LogP contribution in [0.15, 0.2) is 24.3 Å². The topological polar surface area (TPSA) is 52.3 Å². The smallest absolute Gasteiger partial charge is 0.128 e. The number of rotatable bonds is 4. The number of hydrogen-bond donors (Lipinski definition) is 1. The molecule has 70 valence electrons. The minimum absolute atomic E-state index is 0.267. The van der Waals surface area contributed by atoms with Crippen molar-refractivity contribution in [2.24, 2.45) is 5.73 Å². The van der Waals surface area contributed by atoms with Crippen molar-refractivity contribution in [2.45, 2.75) is 5.92 Å². The molecule has 0 bridgehead atoms. The molecule has 3 heteroatoms. The molecule has 0 radical (unpaired) electrons. The van der Waals surface area contributed by atoms with Crippen LogP contribution in [0.2, 0.25) is 0 Å². The molecule has 0 aliphatic rings. The van der Waals surface area contributed by atoms with Crippen LogP contribution in [0, 0.1) is 0 Å². The fourth-order valence-electron chi connectivity index (χ4n) is 1.23. The van der Waals surface area contributed by atoms with Crippen molar-refractivity contribution in [1.29, 1.82) is 0 Å². The first-order valence-electron chi connectivity index (χ1n) is 4.11. The van der Waals surface area contributed by atoms with Gasteiger partial charge in [0.05, 0.1) is 13.0 Å². The monoisotopic (exact) mass is 179 g/mol. The molecule has 0 heterocycles. The molecule has 0 aliphatic carbocycles. The third-order valence-corrected chi connectivity index (χ3v) is 1.96. The lowest BCUT2D eigenvalue weighted by molar-refractivity contribution is -0.108. The van der Waals surface area contributed by atoms with Crippen molar-refractivity contribution in [3.63, 3.8) is 0 Å². The van der Waals surface area contributed by atoms with E-state index in [1.807, 2.05) is 24.3 Å². The number of carbonyl (C=O) groups is 1. The number of ether oxygens (including phenoxy) is 1. The summed E-state index contributed by atoms with van der Waals surface area (Å²) in [4.78, 5) is 10.7. The standard InChI is InChI=1S/C10H13NO2/c1-13-10-5-3-2-4-9(10)8(6-11)7-12/h2-5,7-8H,6,11H2,1H3. The highest BCUT2D eigenvalue weighted by molar-refractivity contribution is 5.64. The molecule has 0 saturated carbocycles. The second kappa shape index (κ2) is 4.62. The van der Waals surface area contributed by atoms with Crippen molar-refractivity contribution in [1.82, 2.24) is 0 Å². The first-order valence-corrected chi connectivity index (χ1v) is 4.11. The Bertz CT molecular complexity index is 286. The zero-order chi connectivity index (χ0) is 9.68. The fourth-order valence-corrected chi connectivity index (χ4v) is 1.23. The van der Waals surface area contributed by atoms with Crippen LogP contribution in [-0.2, 0) is 4.79 Å². The number of para-hydroxylation sites is 1. The van der Waals surface area contributed by atoms with E-state index in [0.29, 0.717) is 12.3 Å². The van der Waals surface area contributed by atoms with Crippen molar-refractivity contribution in [3.05, 3.63) is 29.8 Å². The summed E-state index contributed by atoms with van der Waals surface area (Å²) < 4.78 is 5.12. The van der Waals surface area contributed by atoms with Crippen LogP contribution in [0.5, 0.6) is 5.75 Å². The summed E-state index contributed by atoms with van der Waals surface area (Å²) in [5, 5.41) is 0. The van der Waals surface area contributed by atoms with Gasteiger partial charge in [0.1, 0.15) is 12.0 Å². The number of hydrogen-bond acceptors (Lipinski definition) is 3. The predicted octanol–water partition coefficient (Wildman–Crippen LogP) is 0.936. The minimum atomic E-state index is -0.267. The van der Waals surface area contributed by atoms with E-state index in [9.17, 15) is 4.79 Å². The van der Waals surface area contributed by atoms with Gasteiger partial charge in [0, 0.05) is 12.1 Å². The summed E-state index contributed by atoms with van der Waals surface area (Å²) in [5.41, 5.74) is 6.30. The van der Waals surface area contributed by atoms with E-state index in [4.69, 9.17) is 10.5 Å². The first kappa shape index (κ1) is 9.74. The third kappa shape index (κ3) is 2.06. The molecule has 0 saturated heterocycles. The molecule has 0 fully saturated rings. The number of nitrogens with two attached hydrogens (primary N) is 1. The number of aldehydes is 1. The molecule has 0 aliphatic heterocycles. The van der Waals surface area contributed by atoms with Crippen molar-refractivity contribution < 1.29 is 9.53 Å². The third-order valence-electron chi connectivity index (χ3n) is 1.96. The van der Waals surface area contributed by atoms with Crippen LogP contribution in [0.3, 0.4) is 0 Å². The van der Waals surface area contributed by atoms with E-state index in [-0.39, 0.29) is 5.92 Å². The van der Waals surface area contributed by atoms with Crippen LogP contribution in [0.1, 0.15) is 11.5 Å². The molecular weight excluding hydrogens is 166 g/mol. The molecule has 1 rings (SSSR count). The van der Waals surface area contributed by atoms with Gasteiger partial charge in [-0.1, -0.05) is 18.2 Å². The molecule has 0 amide bonds. The van der Waals surface area contributed by atoms with Crippen LogP contribution in [-0.4, -0.2) is 19.9 Å². The van der Waals surface area contributed by atoms with E-state index in [2.05, 4.69) is 0 Å². The molecule has 0 aromatic heterocycles. The minimum Gasteiger partial charge on any atom is -0.496 e. The Kier molecular flexibility index (Phi) is 3.46. The van der Waals surface area contributed by atoms with Gasteiger partial charge in [0.25, 0.3) is 0 Å². The zero-order valence-corrected chi connectivity index (χ0v) is 7.57. The summed E-state index contributed by atoms with van der Waals surface area (Å²) in [7, 11) is 1.58. The molecule has 2 N–H and O–H groups in total. The second-order valence-corrected chi connectivity index (χ2v) is 2.72. The van der Waals surface area contributed by atoms with Gasteiger partial charge in [-0.15, -0.1) is 0 Å². The zero-order valence-electron chi connectivity index (χ0n) is 7.57. The lowest BCUT2D eigenvalue weighted by atomic mass is 10.00. The van der Waals surface area contributed by atoms with Crippen LogP contribution in [0.4, 0.5) is 0 Å². The summed E-state index contributed by atoms with van der Waals surface area (Å²) in [6.45, 7) is 0.309. The Balaban J connectivity index is 3.03. The highest BCUT2D eigenvalue weighted by Crippen LogP contribution is 2.23. The van der Waals surface area contributed by atoms with Crippen LogP contribution < -0.4 is 10.5 Å². The average molecular weight is 179 g/mol. The highest BCUT2D eigenvalue weighted by atomic mass is 16.5. The molecule has 1 atom stereocenters. The predicted molar refractivity (Wildman–Crippen MR) is 50.9 cm³/mol. The van der Waals surface area contributed by atoms with Gasteiger partial charge in [-0.3, -0.25) is 0 Å². The summed E-state index contributed by atoms with van der Waals surface area (Å²) in [5.74, 6) is 0.446. The first-order chi connectivity index (χ1) is 6.33. The maximum atomic E-state index is 10.7. The van der Waals surface area contributed by atoms with Crippen LogP contribution >= 0.6 is 0 Å². The van der Waals surface area contributed by atoms with Crippen molar-refractivity contribution in [2.75, 3.05) is 13.7 Å². The maximum absolute atomic E-state index is 10.7. The molecule has 0 spiro atoms. The van der Waals surface area contributed by atoms with Gasteiger partial charge in [-0.05, 0) is 6.07 Å². The molecule has 1 aromatic carbocycles. The van der Waals surface area contributed by atoms with Gasteiger partial charge in [0.15, 0.2) is 0 Å². The number of methoxy groups -OCH3 is 1. The van der Waals surface area contributed by atoms with Gasteiger partial charge in [-0.2, -0.15) is 0 Å². The molecule has 3 nitrogen and oxygen atoms in total. The normalized spacial score (nSPS) is 12.2. The molecular formula is C10H13NO2. The highest BCUT2D eigenvalue weighted by Gasteiger charge is 2.12. The van der Waals surface area contributed by atoms with Crippen LogP contribution in [0.25, 0.3) is 0 Å². The SMILES string of the molecule is COc1ccccc1C(C=O)CN. The fraction of sp³-hybridized carbons (Fsp3) is 0.300. The average Bonchev–Trinajstić information content (AvgIpc) is 2.20. The van der Waals surface area contributed by atoms with Crippen molar-refractivity contribution in [3.8, 4) is 5.75 Å². The van der Waals surface area contributed by atoms with Gasteiger partial charge in [0.2, 0.25) is 0 Å². The molecule has 13 heavy (non-hydrogen) atoms. The Morgan fingerprint density at radius 1 is 1.54 bits per heavy atom. The quantitative estimate of drug-likeness (QED) is 0.700. The van der Waals surface area contributed by atoms with E-state index in [1.165, 1.54) is 0 Å². The maximum Gasteiger partial charge on any atom is 0.128 e. The van der Waals surface area contributed by atoms with Gasteiger partial charge >= 0.3 is 0 Å². The van der Waals surface area contributed by atoms with E-state index in [0.717, 1.165) is 11.8 Å². The van der Waals surface area contributed by atoms with Gasteiger partial charge in [-0.25, -0.2) is 0 Å². The lowest BCUT2D eigenvalue weighted by Gasteiger charge is -2.11. The molecule has 1 unspecified atom stereocenters. The summed E-state index contributed by atoms with van der Waals surface area (Å²) in [6, 6.07) is 7.40. The second-order valence-electron chi connectivity index (χ2n) is 2.72. The summed E-state index contributed by atoms with van der Waals surface area (Å²) in [6.07, 6.45) is 0.845. The van der Waals surface area contributed by atoms with E-state index < -0.39 is 0 Å². The Morgan fingerprint density at radius 2 is 2.23 bits per heavy atom. The lowest BCUT2D eigenvalue weighted by Crippen LogP contribution is -2.14. The van der Waals surface area contributed by atoms with E-state index in [1.54, 1.807) is 7.11 Å². The van der Waals surface area contributed by atoms with Gasteiger partial charge < -0.3 is 15.3 Å². The molecule has 1 aromatic rings. The largest absolute Gasteiger partial charge is 0.496 e. The Morgan fingerprint density at radius 3 is 2.77 bits per heavy atom. The number of benzene rings is 1. The van der Waals surface area contributed by atoms with Crippen molar-refractivity contribution >= 4 is 6.29 Å².